The maximum atomic E-state index is 9.36. The van der Waals surface area contributed by atoms with Gasteiger partial charge in [-0.05, 0) is 121 Å². The summed E-state index contributed by atoms with van der Waals surface area (Å²) in [7, 11) is 0. The molecule has 2 aliphatic heterocycles. The average Bonchev–Trinajstić information content (AvgIpc) is 2.89. The SMILES string of the molecule is CC1(C)CCc2c(ccc(CCCO)c2OCCCCCOc2c(CCCO)ccc3c2OC(C)(C)CC3)O1. The number of aliphatic hydroxyl groups is 2. The standard InChI is InChI=1S/C33H48O6/c1-32(2)19-17-27-28(38-32)15-14-24(10-8-20-34)29(27)36-22-6-5-7-23-37-30-25(11-9-21-35)12-13-26-16-18-33(3,4)39-31(26)30/h12-15,34-35H,5-11,16-23H2,1-4H3. The van der Waals surface area contributed by atoms with Crippen LogP contribution in [-0.2, 0) is 25.7 Å². The van der Waals surface area contributed by atoms with Gasteiger partial charge in [0.1, 0.15) is 22.7 Å². The summed E-state index contributed by atoms with van der Waals surface area (Å²) in [5, 5.41) is 18.7. The molecule has 2 aromatic rings. The van der Waals surface area contributed by atoms with E-state index in [0.29, 0.717) is 19.6 Å². The summed E-state index contributed by atoms with van der Waals surface area (Å²) in [5.41, 5.74) is 4.28. The zero-order valence-corrected chi connectivity index (χ0v) is 24.4. The summed E-state index contributed by atoms with van der Waals surface area (Å²) < 4.78 is 25.4. The molecule has 0 atom stereocenters. The molecule has 0 saturated heterocycles. The van der Waals surface area contributed by atoms with Crippen LogP contribution in [0.25, 0.3) is 0 Å². The van der Waals surface area contributed by atoms with Gasteiger partial charge in [0, 0.05) is 18.8 Å². The second-order valence-electron chi connectivity index (χ2n) is 12.2. The summed E-state index contributed by atoms with van der Waals surface area (Å²) in [6, 6.07) is 8.45. The molecule has 0 amide bonds. The van der Waals surface area contributed by atoms with Crippen LogP contribution in [0, 0.1) is 0 Å². The zero-order chi connectivity index (χ0) is 27.9. The predicted molar refractivity (Wildman–Crippen MR) is 155 cm³/mol. The Balaban J connectivity index is 1.32. The molecule has 0 aromatic heterocycles. The number of aliphatic hydroxyl groups excluding tert-OH is 2. The van der Waals surface area contributed by atoms with Gasteiger partial charge >= 0.3 is 0 Å². The van der Waals surface area contributed by atoms with Crippen molar-refractivity contribution in [1.29, 1.82) is 0 Å². The first-order chi connectivity index (χ1) is 18.7. The van der Waals surface area contributed by atoms with E-state index in [9.17, 15) is 10.2 Å². The van der Waals surface area contributed by atoms with Crippen molar-refractivity contribution >= 4 is 0 Å². The molecule has 6 nitrogen and oxygen atoms in total. The third-order valence-corrected chi connectivity index (χ3v) is 7.80. The first-order valence-electron chi connectivity index (χ1n) is 14.9. The van der Waals surface area contributed by atoms with Crippen LogP contribution in [0.5, 0.6) is 23.0 Å². The number of rotatable bonds is 14. The van der Waals surface area contributed by atoms with Crippen molar-refractivity contribution in [2.24, 2.45) is 0 Å². The molecular weight excluding hydrogens is 492 g/mol. The molecule has 0 unspecified atom stereocenters. The Morgan fingerprint density at radius 1 is 0.692 bits per heavy atom. The highest BCUT2D eigenvalue weighted by Crippen LogP contribution is 2.43. The summed E-state index contributed by atoms with van der Waals surface area (Å²) >= 11 is 0. The van der Waals surface area contributed by atoms with Gasteiger partial charge < -0.3 is 29.2 Å². The largest absolute Gasteiger partial charge is 0.493 e. The molecule has 2 aliphatic rings. The van der Waals surface area contributed by atoms with Gasteiger partial charge in [0.05, 0.1) is 13.2 Å². The number of hydrogen-bond donors (Lipinski definition) is 2. The Morgan fingerprint density at radius 3 is 1.97 bits per heavy atom. The Kier molecular flexibility index (Phi) is 10.1. The normalized spacial score (nSPS) is 17.0. The molecule has 0 aliphatic carbocycles. The van der Waals surface area contributed by atoms with Crippen LogP contribution in [0.1, 0.15) is 94.9 Å². The van der Waals surface area contributed by atoms with Crippen LogP contribution in [0.15, 0.2) is 24.3 Å². The molecule has 0 bridgehead atoms. The smallest absolute Gasteiger partial charge is 0.165 e. The van der Waals surface area contributed by atoms with Crippen LogP contribution in [0.3, 0.4) is 0 Å². The Hall–Kier alpha value is -2.44. The Bertz CT molecular complexity index is 1090. The maximum Gasteiger partial charge on any atom is 0.165 e. The second kappa shape index (κ2) is 13.3. The number of aryl methyl sites for hydroxylation is 3. The average molecular weight is 541 g/mol. The van der Waals surface area contributed by atoms with Gasteiger partial charge in [0.25, 0.3) is 0 Å². The molecule has 216 valence electrons. The van der Waals surface area contributed by atoms with Gasteiger partial charge in [0.15, 0.2) is 11.5 Å². The summed E-state index contributed by atoms with van der Waals surface area (Å²) in [6.07, 6.45) is 9.76. The van der Waals surface area contributed by atoms with Crippen LogP contribution < -0.4 is 18.9 Å². The zero-order valence-electron chi connectivity index (χ0n) is 24.4. The molecule has 6 heteroatoms. The van der Waals surface area contributed by atoms with E-state index in [1.807, 2.05) is 0 Å². The van der Waals surface area contributed by atoms with Crippen molar-refractivity contribution in [1.82, 2.24) is 0 Å². The molecule has 2 aromatic carbocycles. The van der Waals surface area contributed by atoms with Crippen LogP contribution >= 0.6 is 0 Å². The van der Waals surface area contributed by atoms with Gasteiger partial charge in [-0.2, -0.15) is 0 Å². The Labute approximate surface area is 234 Å². The quantitative estimate of drug-likeness (QED) is 0.271. The maximum absolute atomic E-state index is 9.36. The number of benzene rings is 2. The monoisotopic (exact) mass is 540 g/mol. The lowest BCUT2D eigenvalue weighted by molar-refractivity contribution is 0.0785. The predicted octanol–water partition coefficient (Wildman–Crippen LogP) is 6.37. The van der Waals surface area contributed by atoms with Crippen molar-refractivity contribution in [3.8, 4) is 23.0 Å². The van der Waals surface area contributed by atoms with Crippen molar-refractivity contribution in [3.63, 3.8) is 0 Å². The van der Waals surface area contributed by atoms with E-state index in [2.05, 4.69) is 52.0 Å². The first kappa shape index (κ1) is 29.5. The highest BCUT2D eigenvalue weighted by atomic mass is 16.5. The van der Waals surface area contributed by atoms with E-state index >= 15 is 0 Å². The van der Waals surface area contributed by atoms with Gasteiger partial charge in [-0.15, -0.1) is 0 Å². The number of unbranched alkanes of at least 4 members (excludes halogenated alkanes) is 2. The van der Waals surface area contributed by atoms with Crippen LogP contribution in [-0.4, -0.2) is 47.8 Å². The van der Waals surface area contributed by atoms with Gasteiger partial charge in [-0.1, -0.05) is 18.2 Å². The lowest BCUT2D eigenvalue weighted by atomic mass is 9.91. The minimum absolute atomic E-state index is 0.159. The fourth-order valence-electron chi connectivity index (χ4n) is 5.48. The third kappa shape index (κ3) is 7.82. The fourth-order valence-corrected chi connectivity index (χ4v) is 5.48. The van der Waals surface area contributed by atoms with Gasteiger partial charge in [-0.3, -0.25) is 0 Å². The summed E-state index contributed by atoms with van der Waals surface area (Å²) in [6.45, 7) is 10.1. The lowest BCUT2D eigenvalue weighted by Crippen LogP contribution is -2.33. The van der Waals surface area contributed by atoms with E-state index in [1.54, 1.807) is 0 Å². The Morgan fingerprint density at radius 2 is 1.28 bits per heavy atom. The fraction of sp³-hybridized carbons (Fsp3) is 0.636. The molecule has 39 heavy (non-hydrogen) atoms. The summed E-state index contributed by atoms with van der Waals surface area (Å²) in [5.74, 6) is 3.63. The molecule has 2 N–H and O–H groups in total. The van der Waals surface area contributed by atoms with Gasteiger partial charge in [-0.25, -0.2) is 0 Å². The van der Waals surface area contributed by atoms with Crippen molar-refractivity contribution < 1.29 is 29.2 Å². The number of ether oxygens (including phenoxy) is 4. The molecule has 0 fully saturated rings. The molecular formula is C33H48O6. The molecule has 0 spiro atoms. The van der Waals surface area contributed by atoms with E-state index in [0.717, 1.165) is 98.3 Å². The van der Waals surface area contributed by atoms with E-state index < -0.39 is 0 Å². The third-order valence-electron chi connectivity index (χ3n) is 7.80. The molecule has 2 heterocycles. The van der Waals surface area contributed by atoms with Gasteiger partial charge in [0.2, 0.25) is 0 Å². The highest BCUT2D eigenvalue weighted by Gasteiger charge is 2.31. The van der Waals surface area contributed by atoms with Crippen LogP contribution in [0.2, 0.25) is 0 Å². The highest BCUT2D eigenvalue weighted by molar-refractivity contribution is 5.54. The molecule has 0 saturated carbocycles. The number of hydrogen-bond acceptors (Lipinski definition) is 6. The lowest BCUT2D eigenvalue weighted by Gasteiger charge is -2.34. The van der Waals surface area contributed by atoms with E-state index in [1.165, 1.54) is 11.1 Å². The second-order valence-corrected chi connectivity index (χ2v) is 12.2. The molecule has 0 radical (unpaired) electrons. The molecule has 4 rings (SSSR count). The first-order valence-corrected chi connectivity index (χ1v) is 14.9. The van der Waals surface area contributed by atoms with Crippen molar-refractivity contribution in [2.45, 2.75) is 110 Å². The van der Waals surface area contributed by atoms with E-state index in [4.69, 9.17) is 18.9 Å². The van der Waals surface area contributed by atoms with Crippen LogP contribution in [0.4, 0.5) is 0 Å². The van der Waals surface area contributed by atoms with Crippen molar-refractivity contribution in [3.05, 3.63) is 46.5 Å². The van der Waals surface area contributed by atoms with E-state index in [-0.39, 0.29) is 24.4 Å². The number of fused-ring (bicyclic) bond motifs is 2. The topological polar surface area (TPSA) is 77.4 Å². The minimum atomic E-state index is -0.203. The minimum Gasteiger partial charge on any atom is -0.493 e. The van der Waals surface area contributed by atoms with Crippen molar-refractivity contribution in [2.75, 3.05) is 26.4 Å². The summed E-state index contributed by atoms with van der Waals surface area (Å²) in [4.78, 5) is 0.